The van der Waals surface area contributed by atoms with Crippen LogP contribution in [0.3, 0.4) is 0 Å². The quantitative estimate of drug-likeness (QED) is 0.273. The molecule has 0 aromatic heterocycles. The van der Waals surface area contributed by atoms with Crippen molar-refractivity contribution in [1.82, 2.24) is 10.3 Å². The first-order chi connectivity index (χ1) is 7.65. The summed E-state index contributed by atoms with van der Waals surface area (Å²) in [5.41, 5.74) is 2.15. The molecule has 3 N–H and O–H groups in total. The highest BCUT2D eigenvalue weighted by molar-refractivity contribution is 5.74. The molecule has 96 valence electrons. The molecule has 16 heavy (non-hydrogen) atoms. The number of hydrazine groups is 1. The average Bonchev–Trinajstić information content (AvgIpc) is 2.32. The highest BCUT2D eigenvalue weighted by Crippen LogP contribution is 2.07. The predicted molar refractivity (Wildman–Crippen MR) is 67.8 cm³/mol. The monoisotopic (exact) mass is 229 g/mol. The van der Waals surface area contributed by atoms with E-state index in [9.17, 15) is 4.79 Å². The Morgan fingerprint density at radius 1 is 1.31 bits per heavy atom. The Bertz CT molecular complexity index is 185. The molecule has 0 spiro atoms. The van der Waals surface area contributed by atoms with Gasteiger partial charge in [-0.3, -0.25) is 10.2 Å². The standard InChI is InChI=1S/C12H27N3O/c1-4-11(3)15(5-2)10-8-6-7-9-12(16)14-13/h11H,4-10,13H2,1-3H3,(H,14,16). The van der Waals surface area contributed by atoms with Gasteiger partial charge in [0, 0.05) is 12.5 Å². The lowest BCUT2D eigenvalue weighted by Gasteiger charge is -2.26. The zero-order valence-electron chi connectivity index (χ0n) is 11.0. The van der Waals surface area contributed by atoms with Crippen molar-refractivity contribution in [2.75, 3.05) is 13.1 Å². The van der Waals surface area contributed by atoms with Crippen LogP contribution in [0.1, 0.15) is 52.9 Å². The van der Waals surface area contributed by atoms with Gasteiger partial charge in [-0.1, -0.05) is 20.3 Å². The van der Waals surface area contributed by atoms with E-state index in [0.717, 1.165) is 32.4 Å². The molecule has 0 saturated carbocycles. The Labute approximate surface area is 99.5 Å². The molecule has 0 radical (unpaired) electrons. The Balaban J connectivity index is 3.52. The van der Waals surface area contributed by atoms with E-state index in [0.29, 0.717) is 12.5 Å². The summed E-state index contributed by atoms with van der Waals surface area (Å²) >= 11 is 0. The van der Waals surface area contributed by atoms with E-state index in [-0.39, 0.29) is 5.91 Å². The summed E-state index contributed by atoms with van der Waals surface area (Å²) in [4.78, 5) is 13.4. The smallest absolute Gasteiger partial charge is 0.233 e. The third kappa shape index (κ3) is 6.80. The van der Waals surface area contributed by atoms with Crippen molar-refractivity contribution < 1.29 is 4.79 Å². The molecule has 0 aliphatic rings. The van der Waals surface area contributed by atoms with Crippen LogP contribution >= 0.6 is 0 Å². The van der Waals surface area contributed by atoms with Gasteiger partial charge in [-0.2, -0.15) is 0 Å². The van der Waals surface area contributed by atoms with Crippen LogP contribution in [0.4, 0.5) is 0 Å². The molecule has 0 aromatic carbocycles. The van der Waals surface area contributed by atoms with Crippen LogP contribution in [0, 0.1) is 0 Å². The summed E-state index contributed by atoms with van der Waals surface area (Å²) in [5.74, 6) is 4.95. The first-order valence-corrected chi connectivity index (χ1v) is 6.39. The fraction of sp³-hybridized carbons (Fsp3) is 0.917. The second-order valence-corrected chi connectivity index (χ2v) is 4.26. The molecule has 0 aliphatic carbocycles. The van der Waals surface area contributed by atoms with Gasteiger partial charge in [-0.05, 0) is 39.3 Å². The fourth-order valence-electron chi connectivity index (χ4n) is 1.80. The Hall–Kier alpha value is -0.610. The van der Waals surface area contributed by atoms with Crippen molar-refractivity contribution >= 4 is 5.91 Å². The van der Waals surface area contributed by atoms with Gasteiger partial charge in [0.1, 0.15) is 0 Å². The molecule has 0 saturated heterocycles. The van der Waals surface area contributed by atoms with E-state index in [4.69, 9.17) is 5.84 Å². The number of carbonyl (C=O) groups is 1. The Morgan fingerprint density at radius 2 is 2.00 bits per heavy atom. The summed E-state index contributed by atoms with van der Waals surface area (Å²) in [6.07, 6.45) is 4.94. The van der Waals surface area contributed by atoms with Crippen molar-refractivity contribution in [3.8, 4) is 0 Å². The maximum Gasteiger partial charge on any atom is 0.233 e. The molecule has 1 atom stereocenters. The fourth-order valence-corrected chi connectivity index (χ4v) is 1.80. The lowest BCUT2D eigenvalue weighted by Crippen LogP contribution is -2.33. The van der Waals surface area contributed by atoms with E-state index >= 15 is 0 Å². The van der Waals surface area contributed by atoms with Gasteiger partial charge in [-0.15, -0.1) is 0 Å². The van der Waals surface area contributed by atoms with Crippen molar-refractivity contribution in [2.24, 2.45) is 5.84 Å². The summed E-state index contributed by atoms with van der Waals surface area (Å²) in [6.45, 7) is 8.94. The minimum atomic E-state index is -0.0609. The van der Waals surface area contributed by atoms with Gasteiger partial charge in [0.2, 0.25) is 5.91 Å². The number of amides is 1. The zero-order valence-corrected chi connectivity index (χ0v) is 11.0. The largest absolute Gasteiger partial charge is 0.301 e. The zero-order chi connectivity index (χ0) is 12.4. The molecule has 0 bridgehead atoms. The molecule has 0 aromatic rings. The average molecular weight is 229 g/mol. The van der Waals surface area contributed by atoms with Crippen LogP contribution in [0.15, 0.2) is 0 Å². The number of rotatable bonds is 9. The van der Waals surface area contributed by atoms with Crippen LogP contribution in [-0.2, 0) is 4.79 Å². The van der Waals surface area contributed by atoms with Crippen molar-refractivity contribution in [3.63, 3.8) is 0 Å². The topological polar surface area (TPSA) is 58.4 Å². The SMILES string of the molecule is CCC(C)N(CC)CCCCCC(=O)NN. The van der Waals surface area contributed by atoms with Gasteiger partial charge in [0.05, 0.1) is 0 Å². The van der Waals surface area contributed by atoms with E-state index in [1.54, 1.807) is 0 Å². The summed E-state index contributed by atoms with van der Waals surface area (Å²) < 4.78 is 0. The minimum Gasteiger partial charge on any atom is -0.301 e. The normalized spacial score (nSPS) is 12.8. The first-order valence-electron chi connectivity index (χ1n) is 6.39. The molecule has 0 aliphatic heterocycles. The number of hydrogen-bond donors (Lipinski definition) is 2. The number of hydrogen-bond acceptors (Lipinski definition) is 3. The Kier molecular flexibility index (Phi) is 9.24. The molecule has 4 nitrogen and oxygen atoms in total. The summed E-state index contributed by atoms with van der Waals surface area (Å²) in [5, 5.41) is 0. The third-order valence-corrected chi connectivity index (χ3v) is 3.13. The third-order valence-electron chi connectivity index (χ3n) is 3.13. The van der Waals surface area contributed by atoms with E-state index < -0.39 is 0 Å². The van der Waals surface area contributed by atoms with Crippen LogP contribution in [0.5, 0.6) is 0 Å². The molecular weight excluding hydrogens is 202 g/mol. The highest BCUT2D eigenvalue weighted by atomic mass is 16.2. The molecule has 1 unspecified atom stereocenters. The number of carbonyl (C=O) groups excluding carboxylic acids is 1. The van der Waals surface area contributed by atoms with Gasteiger partial charge >= 0.3 is 0 Å². The molecule has 1 amide bonds. The lowest BCUT2D eigenvalue weighted by atomic mass is 10.1. The number of nitrogens with one attached hydrogen (secondary N) is 1. The second kappa shape index (κ2) is 9.60. The van der Waals surface area contributed by atoms with E-state index in [2.05, 4.69) is 31.1 Å². The first kappa shape index (κ1) is 15.4. The molecule has 0 heterocycles. The van der Waals surface area contributed by atoms with Crippen molar-refractivity contribution in [2.45, 2.75) is 58.9 Å². The van der Waals surface area contributed by atoms with Gasteiger partial charge in [0.15, 0.2) is 0 Å². The van der Waals surface area contributed by atoms with Crippen molar-refractivity contribution in [1.29, 1.82) is 0 Å². The van der Waals surface area contributed by atoms with Crippen LogP contribution in [0.2, 0.25) is 0 Å². The van der Waals surface area contributed by atoms with Crippen LogP contribution in [0.25, 0.3) is 0 Å². The summed E-state index contributed by atoms with van der Waals surface area (Å²) in [7, 11) is 0. The maximum absolute atomic E-state index is 10.9. The maximum atomic E-state index is 10.9. The number of nitrogens with two attached hydrogens (primary N) is 1. The summed E-state index contributed by atoms with van der Waals surface area (Å²) in [6, 6.07) is 0.664. The van der Waals surface area contributed by atoms with Crippen LogP contribution < -0.4 is 11.3 Å². The lowest BCUT2D eigenvalue weighted by molar-refractivity contribution is -0.121. The van der Waals surface area contributed by atoms with E-state index in [1.165, 1.54) is 6.42 Å². The Morgan fingerprint density at radius 3 is 2.50 bits per heavy atom. The molecule has 0 rings (SSSR count). The van der Waals surface area contributed by atoms with Gasteiger partial charge < -0.3 is 4.90 Å². The van der Waals surface area contributed by atoms with Gasteiger partial charge in [0.25, 0.3) is 0 Å². The minimum absolute atomic E-state index is 0.0609. The molecule has 4 heteroatoms. The highest BCUT2D eigenvalue weighted by Gasteiger charge is 2.08. The van der Waals surface area contributed by atoms with Gasteiger partial charge in [-0.25, -0.2) is 5.84 Å². The number of unbranched alkanes of at least 4 members (excludes halogenated alkanes) is 2. The molecular formula is C12H27N3O. The van der Waals surface area contributed by atoms with Crippen LogP contribution in [-0.4, -0.2) is 29.9 Å². The number of nitrogens with zero attached hydrogens (tertiary/aromatic N) is 1. The van der Waals surface area contributed by atoms with Crippen molar-refractivity contribution in [3.05, 3.63) is 0 Å². The predicted octanol–water partition coefficient (Wildman–Crippen LogP) is 1.66. The molecule has 0 fully saturated rings. The second-order valence-electron chi connectivity index (χ2n) is 4.26. The van der Waals surface area contributed by atoms with E-state index in [1.807, 2.05) is 0 Å².